The van der Waals surface area contributed by atoms with Gasteiger partial charge >= 0.3 is 0 Å². The van der Waals surface area contributed by atoms with Crippen LogP contribution in [0.1, 0.15) is 38.9 Å². The molecule has 178 valence electrons. The molecule has 0 unspecified atom stereocenters. The molecule has 4 heterocycles. The van der Waals surface area contributed by atoms with Crippen molar-refractivity contribution in [2.75, 3.05) is 19.6 Å². The highest BCUT2D eigenvalue weighted by atomic mass is 35.5. The maximum Gasteiger partial charge on any atom is 0.264 e. The molecule has 2 aliphatic heterocycles. The summed E-state index contributed by atoms with van der Waals surface area (Å²) in [5.41, 5.74) is 2.64. The van der Waals surface area contributed by atoms with Crippen molar-refractivity contribution >= 4 is 18.3 Å². The van der Waals surface area contributed by atoms with E-state index in [0.717, 1.165) is 24.3 Å². The van der Waals surface area contributed by atoms with Gasteiger partial charge in [0.05, 0.1) is 30.2 Å². The van der Waals surface area contributed by atoms with Crippen molar-refractivity contribution < 1.29 is 9.18 Å². The Balaban J connectivity index is 0.00000274. The van der Waals surface area contributed by atoms with Gasteiger partial charge in [-0.3, -0.25) is 19.6 Å². The van der Waals surface area contributed by atoms with E-state index in [1.807, 2.05) is 13.0 Å². The Hall–Kier alpha value is -3.10. The van der Waals surface area contributed by atoms with Crippen LogP contribution in [0, 0.1) is 31.5 Å². The van der Waals surface area contributed by atoms with Crippen molar-refractivity contribution in [3.8, 4) is 0 Å². The van der Waals surface area contributed by atoms with E-state index < -0.39 is 0 Å². The molecule has 0 bridgehead atoms. The van der Waals surface area contributed by atoms with Gasteiger partial charge in [0, 0.05) is 37.9 Å². The molecule has 5 rings (SSSR count). The molecule has 34 heavy (non-hydrogen) atoms. The molecule has 0 radical (unpaired) electrons. The molecule has 0 spiro atoms. The summed E-state index contributed by atoms with van der Waals surface area (Å²) in [5.74, 6) is -0.168. The van der Waals surface area contributed by atoms with Crippen LogP contribution in [-0.2, 0) is 6.54 Å². The van der Waals surface area contributed by atoms with Gasteiger partial charge in [-0.1, -0.05) is 12.1 Å². The number of nitrogens with zero attached hydrogens (tertiary/aromatic N) is 4. The van der Waals surface area contributed by atoms with Crippen molar-refractivity contribution in [2.24, 2.45) is 11.8 Å². The predicted octanol–water partition coefficient (Wildman–Crippen LogP) is 2.90. The molecule has 0 aliphatic carbocycles. The lowest BCUT2D eigenvalue weighted by Gasteiger charge is -2.29. The fraction of sp³-hybridized carbons (Fsp3) is 0.360. The molecule has 2 aromatic heterocycles. The average Bonchev–Trinajstić information content (AvgIpc) is 3.38. The van der Waals surface area contributed by atoms with Crippen LogP contribution < -0.4 is 10.9 Å². The van der Waals surface area contributed by atoms with Gasteiger partial charge in [-0.15, -0.1) is 12.4 Å². The maximum atomic E-state index is 14.0. The third kappa shape index (κ3) is 4.35. The number of carbonyl (C=O) groups excluding carboxylic acids is 1. The lowest BCUT2D eigenvalue weighted by Crippen LogP contribution is -2.39. The first-order valence-corrected chi connectivity index (χ1v) is 11.2. The number of rotatable bonds is 4. The monoisotopic (exact) mass is 483 g/mol. The summed E-state index contributed by atoms with van der Waals surface area (Å²) in [6.45, 7) is 5.97. The smallest absolute Gasteiger partial charge is 0.264 e. The number of hydrogen-bond donors (Lipinski definition) is 1. The van der Waals surface area contributed by atoms with Crippen LogP contribution in [0.15, 0.2) is 53.7 Å². The Morgan fingerprint density at radius 1 is 1.18 bits per heavy atom. The molecule has 1 amide bonds. The van der Waals surface area contributed by atoms with E-state index in [9.17, 15) is 14.0 Å². The van der Waals surface area contributed by atoms with Crippen LogP contribution >= 0.6 is 12.4 Å². The first-order chi connectivity index (χ1) is 15.9. The molecule has 3 atom stereocenters. The summed E-state index contributed by atoms with van der Waals surface area (Å²) in [5, 5.41) is 3.39. The van der Waals surface area contributed by atoms with Crippen LogP contribution in [0.3, 0.4) is 0 Å². The molecule has 9 heteroatoms. The number of fused-ring (bicyclic) bond motifs is 1. The zero-order valence-corrected chi connectivity index (χ0v) is 19.9. The number of pyridine rings is 1. The average molecular weight is 484 g/mol. The van der Waals surface area contributed by atoms with E-state index in [2.05, 4.69) is 15.3 Å². The molecule has 2 aliphatic rings. The predicted molar refractivity (Wildman–Crippen MR) is 129 cm³/mol. The van der Waals surface area contributed by atoms with Gasteiger partial charge in [-0.25, -0.2) is 4.39 Å². The van der Waals surface area contributed by atoms with Gasteiger partial charge in [0.15, 0.2) is 0 Å². The van der Waals surface area contributed by atoms with Gasteiger partial charge in [-0.2, -0.15) is 0 Å². The van der Waals surface area contributed by atoms with Crippen LogP contribution in [0.5, 0.6) is 0 Å². The zero-order valence-electron chi connectivity index (χ0n) is 19.1. The fourth-order valence-corrected chi connectivity index (χ4v) is 5.12. The second kappa shape index (κ2) is 9.64. The van der Waals surface area contributed by atoms with Crippen LogP contribution in [-0.4, -0.2) is 45.0 Å². The molecule has 2 saturated heterocycles. The lowest BCUT2D eigenvalue weighted by molar-refractivity contribution is 0.0710. The van der Waals surface area contributed by atoms with Gasteiger partial charge in [-0.05, 0) is 49.1 Å². The largest absolute Gasteiger partial charge is 0.331 e. The van der Waals surface area contributed by atoms with Gasteiger partial charge in [0.2, 0.25) is 0 Å². The molecule has 2 fully saturated rings. The first-order valence-electron chi connectivity index (χ1n) is 11.2. The number of amides is 1. The van der Waals surface area contributed by atoms with Crippen molar-refractivity contribution in [3.05, 3.63) is 93.2 Å². The molecule has 3 aromatic rings. The van der Waals surface area contributed by atoms with Crippen LogP contribution in [0.25, 0.3) is 0 Å². The zero-order chi connectivity index (χ0) is 23.1. The third-order valence-electron chi connectivity index (χ3n) is 6.77. The Kier molecular flexibility index (Phi) is 6.81. The number of hydrogen-bond acceptors (Lipinski definition) is 5. The van der Waals surface area contributed by atoms with Crippen LogP contribution in [0.2, 0.25) is 0 Å². The molecular formula is C25H27ClFN5O2. The Bertz CT molecular complexity index is 1260. The maximum absolute atomic E-state index is 14.0. The van der Waals surface area contributed by atoms with Crippen molar-refractivity contribution in [3.63, 3.8) is 0 Å². The van der Waals surface area contributed by atoms with E-state index in [4.69, 9.17) is 0 Å². The van der Waals surface area contributed by atoms with Gasteiger partial charge in [0.25, 0.3) is 11.5 Å². The standard InChI is InChI=1S/C25H26FN5O2.ClH/c1-15-6-7-30(14-20-11-28-16(2)9-29-20)24(32)22(15)25(33)31-13-18-10-27-12-21(18)23(31)17-4-3-5-19(26)8-17;/h3-9,11,18,21,23,27H,10,12-14H2,1-2H3;1H/t18-,21-,23+;/m0./s1. The number of carbonyl (C=O) groups is 1. The Labute approximate surface area is 203 Å². The summed E-state index contributed by atoms with van der Waals surface area (Å²) in [7, 11) is 0. The Morgan fingerprint density at radius 2 is 2.00 bits per heavy atom. The van der Waals surface area contributed by atoms with Gasteiger partial charge < -0.3 is 14.8 Å². The number of likely N-dealkylation sites (tertiary alicyclic amines) is 1. The van der Waals surface area contributed by atoms with Crippen molar-refractivity contribution in [2.45, 2.75) is 26.4 Å². The minimum absolute atomic E-state index is 0. The molecule has 1 aromatic carbocycles. The summed E-state index contributed by atoms with van der Waals surface area (Å²) in [4.78, 5) is 37.5. The molecule has 0 saturated carbocycles. The second-order valence-corrected chi connectivity index (χ2v) is 9.00. The minimum atomic E-state index is -0.351. The van der Waals surface area contributed by atoms with Crippen LogP contribution in [0.4, 0.5) is 4.39 Å². The van der Waals surface area contributed by atoms with E-state index >= 15 is 0 Å². The second-order valence-electron chi connectivity index (χ2n) is 9.00. The van der Waals surface area contributed by atoms with E-state index in [0.29, 0.717) is 17.8 Å². The summed E-state index contributed by atoms with van der Waals surface area (Å²) in [6.07, 6.45) is 4.97. The SMILES string of the molecule is Cc1cnc(Cn2ccc(C)c(C(=O)N3C[C@@H]4CNC[C@@H]4[C@H]3c3cccc(F)c3)c2=O)cn1.Cl. The minimum Gasteiger partial charge on any atom is -0.331 e. The topological polar surface area (TPSA) is 80.1 Å². The lowest BCUT2D eigenvalue weighted by atomic mass is 9.89. The quantitative estimate of drug-likeness (QED) is 0.617. The Morgan fingerprint density at radius 3 is 2.74 bits per heavy atom. The summed E-state index contributed by atoms with van der Waals surface area (Å²) >= 11 is 0. The summed E-state index contributed by atoms with van der Waals surface area (Å²) in [6, 6.07) is 7.95. The third-order valence-corrected chi connectivity index (χ3v) is 6.77. The highest BCUT2D eigenvalue weighted by molar-refractivity contribution is 5.95. The van der Waals surface area contributed by atoms with E-state index in [1.165, 1.54) is 16.7 Å². The number of halogens is 2. The normalized spacial score (nSPS) is 21.3. The highest BCUT2D eigenvalue weighted by Gasteiger charge is 2.47. The molecular weight excluding hydrogens is 457 g/mol. The molecule has 7 nitrogen and oxygen atoms in total. The highest BCUT2D eigenvalue weighted by Crippen LogP contribution is 2.43. The number of aryl methyl sites for hydroxylation is 2. The number of nitrogens with one attached hydrogen (secondary N) is 1. The summed E-state index contributed by atoms with van der Waals surface area (Å²) < 4.78 is 15.5. The van der Waals surface area contributed by atoms with Crippen molar-refractivity contribution in [1.29, 1.82) is 0 Å². The van der Waals surface area contributed by atoms with E-state index in [1.54, 1.807) is 42.5 Å². The van der Waals surface area contributed by atoms with E-state index in [-0.39, 0.29) is 59.7 Å². The molecule has 1 N–H and O–H groups in total. The first kappa shape index (κ1) is 24.0. The number of benzene rings is 1. The fourth-order valence-electron chi connectivity index (χ4n) is 5.12. The number of aromatic nitrogens is 3. The van der Waals surface area contributed by atoms with Crippen molar-refractivity contribution in [1.82, 2.24) is 24.8 Å². The van der Waals surface area contributed by atoms with Gasteiger partial charge in [0.1, 0.15) is 11.4 Å².